The number of fused-ring (bicyclic) bond motifs is 2. The molecule has 22 heteroatoms. The summed E-state index contributed by atoms with van der Waals surface area (Å²) in [5.41, 5.74) is 2.86. The lowest BCUT2D eigenvalue weighted by atomic mass is 9.90. The third-order valence-corrected chi connectivity index (χ3v) is 14.1. The lowest BCUT2D eigenvalue weighted by Gasteiger charge is -2.32. The number of aliphatic carboxylic acids is 2. The Hall–Kier alpha value is -7.17. The normalized spacial score (nSPS) is 15.5. The third-order valence-electron chi connectivity index (χ3n) is 12.3. The molecule has 1 saturated heterocycles. The highest BCUT2D eigenvalue weighted by atomic mass is 32.2. The van der Waals surface area contributed by atoms with Crippen molar-refractivity contribution in [3.05, 3.63) is 101 Å². The molecule has 0 aromatic heterocycles. The van der Waals surface area contributed by atoms with Crippen LogP contribution in [-0.4, -0.2) is 128 Å². The van der Waals surface area contributed by atoms with Crippen molar-refractivity contribution in [3.63, 3.8) is 0 Å². The summed E-state index contributed by atoms with van der Waals surface area (Å²) in [5.74, 6) is -5.44. The smallest absolute Gasteiger partial charge is 0.364 e. The van der Waals surface area contributed by atoms with E-state index in [1.807, 2.05) is 5.32 Å². The first-order chi connectivity index (χ1) is 33.9. The fourth-order valence-electron chi connectivity index (χ4n) is 8.26. The highest BCUT2D eigenvalue weighted by molar-refractivity contribution is 7.91. The highest BCUT2D eigenvalue weighted by Crippen LogP contribution is 2.38. The van der Waals surface area contributed by atoms with Gasteiger partial charge in [-0.05, 0) is 119 Å². The van der Waals surface area contributed by atoms with Crippen LogP contribution in [0.4, 0.5) is 10.5 Å². The summed E-state index contributed by atoms with van der Waals surface area (Å²) in [7, 11) is -4.18. The van der Waals surface area contributed by atoms with E-state index in [-0.39, 0.29) is 71.4 Å². The second kappa shape index (κ2) is 26.2. The van der Waals surface area contributed by atoms with Gasteiger partial charge < -0.3 is 46.6 Å². The van der Waals surface area contributed by atoms with E-state index in [2.05, 4.69) is 51.0 Å². The van der Waals surface area contributed by atoms with Gasteiger partial charge in [0.15, 0.2) is 0 Å². The number of anilines is 1. The minimum absolute atomic E-state index is 0.0153. The molecule has 2 atom stereocenters. The number of carboxylic acids is 2. The standard InChI is InChI=1S/C49H61N7O14S/c1-3-31(2)27-33-19-25-55(26-20-33)24-6-21-52-45(61)35-13-16-41-39(29-35)56(46(62)36-7-4-5-8-40(36)71(41,68)69)30-34-11-9-32(10-12-34)28-43(58)51-23-22-50-42(57)17-14-37(47(63)64)53-49(66)54-38(48(65)70-67)15-18-44(59)60/h3-5,7-13,16,29,33,37-38,67H,6,14-15,17-28,30H2,1-2H3,(H,50,57)(H,51,58)(H,52,61)(H,59,60)(H,63,64)(H2,53,54,66). The van der Waals surface area contributed by atoms with Gasteiger partial charge in [0.1, 0.15) is 12.1 Å². The molecule has 71 heavy (non-hydrogen) atoms. The number of urea groups is 1. The topological polar surface area (TPSA) is 307 Å². The largest absolute Gasteiger partial charge is 0.481 e. The summed E-state index contributed by atoms with van der Waals surface area (Å²) >= 11 is 0. The van der Waals surface area contributed by atoms with Crippen molar-refractivity contribution in [2.24, 2.45) is 5.92 Å². The number of amides is 6. The summed E-state index contributed by atoms with van der Waals surface area (Å²) in [6, 6.07) is 12.6. The van der Waals surface area contributed by atoms with Gasteiger partial charge in [0, 0.05) is 38.0 Å². The lowest BCUT2D eigenvalue weighted by molar-refractivity contribution is -0.236. The van der Waals surface area contributed by atoms with Crippen LogP contribution in [0, 0.1) is 5.92 Å². The van der Waals surface area contributed by atoms with Crippen LogP contribution in [0.25, 0.3) is 0 Å². The van der Waals surface area contributed by atoms with Gasteiger partial charge in [-0.15, -0.1) is 0 Å². The van der Waals surface area contributed by atoms with Crippen LogP contribution < -0.4 is 31.5 Å². The van der Waals surface area contributed by atoms with Crippen molar-refractivity contribution in [2.75, 3.05) is 44.2 Å². The molecule has 6 amide bonds. The number of carboxylic acid groups (broad SMARTS) is 2. The maximum atomic E-state index is 14.2. The predicted octanol–water partition coefficient (Wildman–Crippen LogP) is 3.43. The van der Waals surface area contributed by atoms with Gasteiger partial charge in [-0.2, -0.15) is 5.26 Å². The number of nitrogens with one attached hydrogen (secondary N) is 5. The third kappa shape index (κ3) is 15.9. The number of benzene rings is 3. The maximum absolute atomic E-state index is 14.2. The zero-order valence-corrected chi connectivity index (χ0v) is 40.4. The van der Waals surface area contributed by atoms with Crippen molar-refractivity contribution in [1.29, 1.82) is 0 Å². The number of nitrogens with zero attached hydrogens (tertiary/aromatic N) is 2. The Labute approximate surface area is 411 Å². The number of hydrogen-bond acceptors (Lipinski definition) is 13. The number of carbonyl (C=O) groups excluding carboxylic acids is 6. The van der Waals surface area contributed by atoms with Gasteiger partial charge in [0.25, 0.3) is 11.8 Å². The minimum atomic E-state index is -4.18. The number of hydrogen-bond donors (Lipinski definition) is 8. The van der Waals surface area contributed by atoms with E-state index in [0.29, 0.717) is 23.6 Å². The summed E-state index contributed by atoms with van der Waals surface area (Å²) in [6.45, 7) is 7.46. The number of allylic oxidation sites excluding steroid dienone is 2. The molecule has 0 saturated carbocycles. The Kier molecular flexibility index (Phi) is 20.2. The molecule has 3 aromatic rings. The second-order valence-corrected chi connectivity index (χ2v) is 19.3. The van der Waals surface area contributed by atoms with Crippen molar-refractivity contribution in [3.8, 4) is 0 Å². The fraction of sp³-hybridized carbons (Fsp3) is 0.429. The molecular formula is C49H61N7O14S. The van der Waals surface area contributed by atoms with Gasteiger partial charge in [0.05, 0.1) is 34.0 Å². The molecular weight excluding hydrogens is 943 g/mol. The van der Waals surface area contributed by atoms with Gasteiger partial charge in [-0.1, -0.05) is 48.0 Å². The van der Waals surface area contributed by atoms with E-state index >= 15 is 0 Å². The molecule has 0 radical (unpaired) electrons. The fourth-order valence-corrected chi connectivity index (χ4v) is 9.89. The molecule has 2 unspecified atom stereocenters. The van der Waals surface area contributed by atoms with Crippen LogP contribution >= 0.6 is 0 Å². The summed E-state index contributed by atoms with van der Waals surface area (Å²) in [5, 5.41) is 39.2. The molecule has 5 rings (SSSR count). The average molecular weight is 1000 g/mol. The predicted molar refractivity (Wildman–Crippen MR) is 257 cm³/mol. The SMILES string of the molecule is CC=C(C)CC1CCN(CCCNC(=O)c2ccc3c(c2)N(Cc2ccc(CC(=O)NCCNC(=O)CCC(NC(=O)NC(CCC(=O)O)C(=O)OO)C(=O)O)cc2)C(=O)c2ccccc2S3(=O)=O)CC1. The van der Waals surface area contributed by atoms with Gasteiger partial charge in [-0.3, -0.25) is 28.9 Å². The van der Waals surface area contributed by atoms with Crippen molar-refractivity contribution in [1.82, 2.24) is 31.5 Å². The van der Waals surface area contributed by atoms with E-state index in [1.54, 1.807) is 36.4 Å². The zero-order valence-electron chi connectivity index (χ0n) is 39.6. The Morgan fingerprint density at radius 2 is 1.45 bits per heavy atom. The molecule has 2 aliphatic rings. The number of piperidine rings is 1. The summed E-state index contributed by atoms with van der Waals surface area (Å²) in [6.07, 6.45) is 4.49. The molecule has 8 N–H and O–H groups in total. The summed E-state index contributed by atoms with van der Waals surface area (Å²) < 4.78 is 28.1. The zero-order chi connectivity index (χ0) is 51.7. The minimum Gasteiger partial charge on any atom is -0.481 e. The lowest BCUT2D eigenvalue weighted by Crippen LogP contribution is -2.51. The first-order valence-electron chi connectivity index (χ1n) is 23.3. The average Bonchev–Trinajstić information content (AvgIpc) is 3.42. The maximum Gasteiger partial charge on any atom is 0.364 e. The molecule has 382 valence electrons. The highest BCUT2D eigenvalue weighted by Gasteiger charge is 2.36. The van der Waals surface area contributed by atoms with E-state index in [1.165, 1.54) is 40.8 Å². The molecule has 3 aromatic carbocycles. The van der Waals surface area contributed by atoms with Crippen LogP contribution in [0.15, 0.2) is 88.2 Å². The van der Waals surface area contributed by atoms with Crippen LogP contribution in [0.2, 0.25) is 0 Å². The van der Waals surface area contributed by atoms with Crippen LogP contribution in [0.1, 0.15) is 97.1 Å². The quantitative estimate of drug-likeness (QED) is 0.0276. The van der Waals surface area contributed by atoms with Crippen LogP contribution in [-0.2, 0) is 51.7 Å². The first kappa shape index (κ1) is 54.8. The van der Waals surface area contributed by atoms with Gasteiger partial charge in [0.2, 0.25) is 21.7 Å². The van der Waals surface area contributed by atoms with Crippen molar-refractivity contribution < 1.29 is 67.1 Å². The van der Waals surface area contributed by atoms with Gasteiger partial charge in [-0.25, -0.2) is 22.8 Å². The second-order valence-electron chi connectivity index (χ2n) is 17.4. The molecule has 0 aliphatic carbocycles. The molecule has 21 nitrogen and oxygen atoms in total. The summed E-state index contributed by atoms with van der Waals surface area (Å²) in [4.78, 5) is 107. The van der Waals surface area contributed by atoms with E-state index < -0.39 is 76.4 Å². The van der Waals surface area contributed by atoms with Crippen molar-refractivity contribution in [2.45, 2.75) is 100 Å². The first-order valence-corrected chi connectivity index (χ1v) is 24.8. The Morgan fingerprint density at radius 1 is 0.803 bits per heavy atom. The monoisotopic (exact) mass is 1000 g/mol. The van der Waals surface area contributed by atoms with Gasteiger partial charge >= 0.3 is 23.9 Å². The molecule has 2 heterocycles. The molecule has 1 fully saturated rings. The van der Waals surface area contributed by atoms with E-state index in [0.717, 1.165) is 45.3 Å². The number of rotatable bonds is 24. The number of likely N-dealkylation sites (tertiary alicyclic amines) is 1. The van der Waals surface area contributed by atoms with Crippen LogP contribution in [0.3, 0.4) is 0 Å². The van der Waals surface area contributed by atoms with E-state index in [4.69, 9.17) is 10.4 Å². The van der Waals surface area contributed by atoms with Crippen molar-refractivity contribution >= 4 is 63.1 Å². The van der Waals surface area contributed by atoms with E-state index in [9.17, 15) is 51.9 Å². The molecule has 0 bridgehead atoms. The molecule has 0 spiro atoms. The number of sulfone groups is 1. The Morgan fingerprint density at radius 3 is 2.11 bits per heavy atom. The number of carbonyl (C=O) groups is 8. The molecule has 2 aliphatic heterocycles. The Balaban J connectivity index is 1.12. The Bertz CT molecular complexity index is 2580. The van der Waals surface area contributed by atoms with Crippen LogP contribution in [0.5, 0.6) is 0 Å².